The van der Waals surface area contributed by atoms with Gasteiger partial charge < -0.3 is 4.74 Å². The van der Waals surface area contributed by atoms with Crippen LogP contribution in [0, 0.1) is 16.0 Å². The van der Waals surface area contributed by atoms with Gasteiger partial charge in [-0.05, 0) is 6.92 Å². The van der Waals surface area contributed by atoms with Crippen LogP contribution in [0.2, 0.25) is 0 Å². The highest BCUT2D eigenvalue weighted by Gasteiger charge is 2.32. The molecule has 2 rings (SSSR count). The second kappa shape index (κ2) is 4.29. The summed E-state index contributed by atoms with van der Waals surface area (Å²) in [5, 5.41) is 14.9. The zero-order chi connectivity index (χ0) is 12.6. The fourth-order valence-corrected chi connectivity index (χ4v) is 2.19. The van der Waals surface area contributed by atoms with Crippen LogP contribution in [-0.4, -0.2) is 21.3 Å². The SMILES string of the molecule is CC1=C[C@@H](C)[C@@H](c2c([N+](=O)[O-])cnn2C)OC1. The van der Waals surface area contributed by atoms with Gasteiger partial charge in [0.2, 0.25) is 0 Å². The molecule has 0 aromatic carbocycles. The Hall–Kier alpha value is -1.69. The lowest BCUT2D eigenvalue weighted by molar-refractivity contribution is -0.386. The van der Waals surface area contributed by atoms with E-state index in [-0.39, 0.29) is 17.7 Å². The largest absolute Gasteiger partial charge is 0.367 e. The molecule has 0 spiro atoms. The molecule has 0 aliphatic carbocycles. The topological polar surface area (TPSA) is 70.2 Å². The van der Waals surface area contributed by atoms with Gasteiger partial charge in [-0.25, -0.2) is 0 Å². The summed E-state index contributed by atoms with van der Waals surface area (Å²) in [6, 6.07) is 0. The summed E-state index contributed by atoms with van der Waals surface area (Å²) in [7, 11) is 1.70. The number of nitrogens with zero attached hydrogens (tertiary/aromatic N) is 3. The highest BCUT2D eigenvalue weighted by molar-refractivity contribution is 5.36. The first-order chi connectivity index (χ1) is 8.00. The van der Waals surface area contributed by atoms with Crippen molar-refractivity contribution in [3.05, 3.63) is 33.7 Å². The Morgan fingerprint density at radius 3 is 2.94 bits per heavy atom. The van der Waals surface area contributed by atoms with Crippen LogP contribution in [0.1, 0.15) is 25.6 Å². The molecule has 0 radical (unpaired) electrons. The summed E-state index contributed by atoms with van der Waals surface area (Å²) < 4.78 is 7.21. The quantitative estimate of drug-likeness (QED) is 0.448. The van der Waals surface area contributed by atoms with E-state index in [4.69, 9.17) is 4.74 Å². The monoisotopic (exact) mass is 237 g/mol. The van der Waals surface area contributed by atoms with Crippen LogP contribution < -0.4 is 0 Å². The van der Waals surface area contributed by atoms with Crippen molar-refractivity contribution >= 4 is 5.69 Å². The maximum atomic E-state index is 10.9. The molecule has 0 fully saturated rings. The fourth-order valence-electron chi connectivity index (χ4n) is 2.19. The highest BCUT2D eigenvalue weighted by Crippen LogP contribution is 2.36. The van der Waals surface area contributed by atoms with Gasteiger partial charge >= 0.3 is 5.69 Å². The summed E-state index contributed by atoms with van der Waals surface area (Å²) in [6.07, 6.45) is 3.06. The van der Waals surface area contributed by atoms with Crippen LogP contribution in [0.5, 0.6) is 0 Å². The lowest BCUT2D eigenvalue weighted by Gasteiger charge is -2.26. The number of aryl methyl sites for hydroxylation is 1. The number of nitro groups is 1. The zero-order valence-corrected chi connectivity index (χ0v) is 10.1. The van der Waals surface area contributed by atoms with Crippen molar-refractivity contribution in [2.45, 2.75) is 20.0 Å². The second-order valence-corrected chi connectivity index (χ2v) is 4.40. The van der Waals surface area contributed by atoms with Gasteiger partial charge in [0.25, 0.3) is 0 Å². The molecular formula is C11H15N3O3. The molecule has 2 atom stereocenters. The fraction of sp³-hybridized carbons (Fsp3) is 0.545. The average Bonchev–Trinajstić information content (AvgIpc) is 2.60. The number of hydrogen-bond acceptors (Lipinski definition) is 4. The second-order valence-electron chi connectivity index (χ2n) is 4.40. The highest BCUT2D eigenvalue weighted by atomic mass is 16.6. The van der Waals surface area contributed by atoms with Crippen molar-refractivity contribution in [2.75, 3.05) is 6.61 Å². The van der Waals surface area contributed by atoms with Crippen molar-refractivity contribution in [2.24, 2.45) is 13.0 Å². The van der Waals surface area contributed by atoms with Gasteiger partial charge in [-0.15, -0.1) is 0 Å². The average molecular weight is 237 g/mol. The van der Waals surface area contributed by atoms with Gasteiger partial charge in [0.15, 0.2) is 0 Å². The molecule has 92 valence electrons. The third-order valence-corrected chi connectivity index (χ3v) is 2.95. The van der Waals surface area contributed by atoms with Gasteiger partial charge in [0.1, 0.15) is 18.0 Å². The number of aromatic nitrogens is 2. The van der Waals surface area contributed by atoms with Crippen LogP contribution in [-0.2, 0) is 11.8 Å². The Bertz CT molecular complexity index is 478. The third-order valence-electron chi connectivity index (χ3n) is 2.95. The smallest absolute Gasteiger partial charge is 0.312 e. The van der Waals surface area contributed by atoms with Gasteiger partial charge in [0, 0.05) is 13.0 Å². The van der Waals surface area contributed by atoms with Gasteiger partial charge in [0.05, 0.1) is 11.5 Å². The molecule has 0 bridgehead atoms. The van der Waals surface area contributed by atoms with Crippen molar-refractivity contribution in [1.29, 1.82) is 0 Å². The Balaban J connectivity index is 2.41. The molecule has 1 aromatic heterocycles. The Morgan fingerprint density at radius 1 is 1.65 bits per heavy atom. The molecule has 17 heavy (non-hydrogen) atoms. The number of rotatable bonds is 2. The van der Waals surface area contributed by atoms with E-state index < -0.39 is 4.92 Å². The lowest BCUT2D eigenvalue weighted by Crippen LogP contribution is -2.21. The van der Waals surface area contributed by atoms with Crippen molar-refractivity contribution < 1.29 is 9.66 Å². The molecule has 1 aliphatic rings. The minimum Gasteiger partial charge on any atom is -0.367 e. The van der Waals surface area contributed by atoms with Crippen LogP contribution >= 0.6 is 0 Å². The van der Waals surface area contributed by atoms with Crippen molar-refractivity contribution in [1.82, 2.24) is 9.78 Å². The molecule has 0 unspecified atom stereocenters. The Kier molecular flexibility index (Phi) is 2.97. The van der Waals surface area contributed by atoms with E-state index in [0.717, 1.165) is 5.57 Å². The lowest BCUT2D eigenvalue weighted by atomic mass is 9.96. The molecule has 1 aromatic rings. The third kappa shape index (κ3) is 2.08. The van der Waals surface area contributed by atoms with Gasteiger partial charge in [-0.3, -0.25) is 14.8 Å². The maximum Gasteiger partial charge on any atom is 0.312 e. The Morgan fingerprint density at radius 2 is 2.35 bits per heavy atom. The summed E-state index contributed by atoms with van der Waals surface area (Å²) >= 11 is 0. The van der Waals surface area contributed by atoms with Crippen LogP contribution in [0.15, 0.2) is 17.8 Å². The predicted octanol–water partition coefficient (Wildman–Crippen LogP) is 1.98. The van der Waals surface area contributed by atoms with E-state index in [1.165, 1.54) is 10.9 Å². The molecular weight excluding hydrogens is 222 g/mol. The summed E-state index contributed by atoms with van der Waals surface area (Å²) in [4.78, 5) is 10.5. The number of hydrogen-bond donors (Lipinski definition) is 0. The zero-order valence-electron chi connectivity index (χ0n) is 10.1. The number of ether oxygens (including phenoxy) is 1. The standard InChI is InChI=1S/C11H15N3O3/c1-7-4-8(2)11(17-6-7)10-9(14(15)16)5-12-13(10)3/h4-5,8,11H,6H2,1-3H3/t8-,11+/m1/s1. The van der Waals surface area contributed by atoms with Crippen LogP contribution in [0.4, 0.5) is 5.69 Å². The molecule has 1 aliphatic heterocycles. The van der Waals surface area contributed by atoms with Crippen LogP contribution in [0.3, 0.4) is 0 Å². The van der Waals surface area contributed by atoms with Gasteiger partial charge in [-0.2, -0.15) is 5.10 Å². The predicted molar refractivity (Wildman–Crippen MR) is 61.5 cm³/mol. The summed E-state index contributed by atoms with van der Waals surface area (Å²) in [5.74, 6) is 0.109. The summed E-state index contributed by atoms with van der Waals surface area (Å²) in [6.45, 7) is 4.49. The first-order valence-electron chi connectivity index (χ1n) is 5.46. The Labute approximate surface area is 99.0 Å². The van der Waals surface area contributed by atoms with E-state index in [2.05, 4.69) is 11.2 Å². The van der Waals surface area contributed by atoms with E-state index in [1.54, 1.807) is 7.05 Å². The van der Waals surface area contributed by atoms with Crippen LogP contribution in [0.25, 0.3) is 0 Å². The maximum absolute atomic E-state index is 10.9. The molecule has 0 amide bonds. The first kappa shape index (κ1) is 11.8. The molecule has 6 nitrogen and oxygen atoms in total. The minimum atomic E-state index is -0.413. The van der Waals surface area contributed by atoms with E-state index in [9.17, 15) is 10.1 Å². The van der Waals surface area contributed by atoms with E-state index >= 15 is 0 Å². The van der Waals surface area contributed by atoms with Crippen molar-refractivity contribution in [3.8, 4) is 0 Å². The van der Waals surface area contributed by atoms with Crippen molar-refractivity contribution in [3.63, 3.8) is 0 Å². The molecule has 6 heteroatoms. The normalized spacial score (nSPS) is 24.5. The minimum absolute atomic E-state index is 0.0253. The van der Waals surface area contributed by atoms with Gasteiger partial charge in [-0.1, -0.05) is 18.6 Å². The molecule has 0 saturated heterocycles. The molecule has 2 heterocycles. The molecule has 0 saturated carbocycles. The van der Waals surface area contributed by atoms with E-state index in [0.29, 0.717) is 12.3 Å². The van der Waals surface area contributed by atoms with E-state index in [1.807, 2.05) is 13.8 Å². The molecule has 0 N–H and O–H groups in total. The first-order valence-corrected chi connectivity index (χ1v) is 5.46. The summed E-state index contributed by atoms with van der Waals surface area (Å²) in [5.41, 5.74) is 1.71.